The Kier molecular flexibility index (Phi) is 6.40. The first-order valence-electron chi connectivity index (χ1n) is 7.98. The lowest BCUT2D eigenvalue weighted by Crippen LogP contribution is -2.50. The molecule has 1 heterocycles. The molecule has 0 aliphatic carbocycles. The number of methoxy groups -OCH3 is 1. The molecule has 6 nitrogen and oxygen atoms in total. The Labute approximate surface area is 136 Å². The summed E-state index contributed by atoms with van der Waals surface area (Å²) >= 11 is 0. The van der Waals surface area contributed by atoms with Gasteiger partial charge in [0.15, 0.2) is 0 Å². The van der Waals surface area contributed by atoms with E-state index in [0.717, 1.165) is 30.6 Å². The molecule has 126 valence electrons. The largest absolute Gasteiger partial charge is 0.497 e. The molecule has 2 rings (SSSR count). The Hall–Kier alpha value is -2.08. The van der Waals surface area contributed by atoms with Gasteiger partial charge in [-0.3, -0.25) is 9.59 Å². The second kappa shape index (κ2) is 8.53. The van der Waals surface area contributed by atoms with E-state index < -0.39 is 11.8 Å². The summed E-state index contributed by atoms with van der Waals surface area (Å²) in [5, 5.41) is 11.8. The van der Waals surface area contributed by atoms with Gasteiger partial charge in [-0.1, -0.05) is 12.1 Å². The third-order valence-corrected chi connectivity index (χ3v) is 4.16. The first-order chi connectivity index (χ1) is 11.2. The zero-order chi connectivity index (χ0) is 16.7. The number of nitrogens with zero attached hydrogens (tertiary/aromatic N) is 1. The summed E-state index contributed by atoms with van der Waals surface area (Å²) < 4.78 is 5.08. The van der Waals surface area contributed by atoms with Crippen LogP contribution < -0.4 is 10.1 Å². The normalized spacial score (nSPS) is 17.7. The van der Waals surface area contributed by atoms with Crippen molar-refractivity contribution >= 4 is 11.8 Å². The van der Waals surface area contributed by atoms with Crippen LogP contribution in [-0.2, 0) is 16.1 Å². The highest BCUT2D eigenvalue weighted by molar-refractivity contribution is 6.35. The van der Waals surface area contributed by atoms with E-state index in [4.69, 9.17) is 9.84 Å². The van der Waals surface area contributed by atoms with Crippen LogP contribution in [0.3, 0.4) is 0 Å². The van der Waals surface area contributed by atoms with Gasteiger partial charge >= 0.3 is 11.8 Å². The van der Waals surface area contributed by atoms with Crippen molar-refractivity contribution in [3.63, 3.8) is 0 Å². The zero-order valence-electron chi connectivity index (χ0n) is 13.5. The summed E-state index contributed by atoms with van der Waals surface area (Å²) in [4.78, 5) is 26.0. The number of carbonyl (C=O) groups is 2. The van der Waals surface area contributed by atoms with Crippen molar-refractivity contribution in [2.24, 2.45) is 0 Å². The molecule has 1 unspecified atom stereocenters. The number of aliphatic hydroxyl groups is 1. The van der Waals surface area contributed by atoms with E-state index >= 15 is 0 Å². The van der Waals surface area contributed by atoms with Crippen LogP contribution in [0.4, 0.5) is 0 Å². The van der Waals surface area contributed by atoms with Crippen molar-refractivity contribution in [1.29, 1.82) is 0 Å². The molecule has 0 bridgehead atoms. The third kappa shape index (κ3) is 4.69. The second-order valence-corrected chi connectivity index (χ2v) is 5.69. The number of amides is 2. The van der Waals surface area contributed by atoms with Crippen LogP contribution in [0.1, 0.15) is 31.2 Å². The van der Waals surface area contributed by atoms with E-state index in [1.165, 1.54) is 0 Å². The molecule has 0 radical (unpaired) electrons. The van der Waals surface area contributed by atoms with Crippen LogP contribution in [-0.4, -0.2) is 48.1 Å². The summed E-state index contributed by atoms with van der Waals surface area (Å²) in [6, 6.07) is 7.28. The van der Waals surface area contributed by atoms with E-state index in [-0.39, 0.29) is 12.6 Å². The summed E-state index contributed by atoms with van der Waals surface area (Å²) in [7, 11) is 1.59. The number of carbonyl (C=O) groups excluding carboxylic acids is 2. The molecule has 1 aromatic rings. The van der Waals surface area contributed by atoms with Gasteiger partial charge in [0.2, 0.25) is 0 Å². The summed E-state index contributed by atoms with van der Waals surface area (Å²) in [5.74, 6) is -0.348. The number of piperidine rings is 1. The maximum atomic E-state index is 12.3. The van der Waals surface area contributed by atoms with Gasteiger partial charge in [-0.2, -0.15) is 0 Å². The van der Waals surface area contributed by atoms with Crippen LogP contribution >= 0.6 is 0 Å². The van der Waals surface area contributed by atoms with Gasteiger partial charge in [0, 0.05) is 25.7 Å². The summed E-state index contributed by atoms with van der Waals surface area (Å²) in [6.07, 6.45) is 3.30. The predicted molar refractivity (Wildman–Crippen MR) is 85.9 cm³/mol. The minimum Gasteiger partial charge on any atom is -0.497 e. The Morgan fingerprint density at radius 2 is 2.04 bits per heavy atom. The first-order valence-corrected chi connectivity index (χ1v) is 7.98. The van der Waals surface area contributed by atoms with Crippen LogP contribution in [0, 0.1) is 0 Å². The Bertz CT molecular complexity index is 528. The molecule has 1 fully saturated rings. The number of hydrogen-bond acceptors (Lipinski definition) is 4. The monoisotopic (exact) mass is 320 g/mol. The number of aliphatic hydroxyl groups excluding tert-OH is 1. The highest BCUT2D eigenvalue weighted by atomic mass is 16.5. The molecule has 2 N–H and O–H groups in total. The average Bonchev–Trinajstić information content (AvgIpc) is 2.60. The first kappa shape index (κ1) is 17.3. The van der Waals surface area contributed by atoms with Crippen molar-refractivity contribution < 1.29 is 19.4 Å². The highest BCUT2D eigenvalue weighted by Crippen LogP contribution is 2.19. The van der Waals surface area contributed by atoms with E-state index in [1.807, 2.05) is 24.3 Å². The van der Waals surface area contributed by atoms with Crippen molar-refractivity contribution in [2.75, 3.05) is 20.3 Å². The van der Waals surface area contributed by atoms with Crippen LogP contribution in [0.25, 0.3) is 0 Å². The third-order valence-electron chi connectivity index (χ3n) is 4.16. The minimum absolute atomic E-state index is 0.0297. The number of rotatable bonds is 5. The fraction of sp³-hybridized carbons (Fsp3) is 0.529. The molecule has 1 aromatic carbocycles. The van der Waals surface area contributed by atoms with Gasteiger partial charge in [-0.05, 0) is 43.4 Å². The number of likely N-dealkylation sites (tertiary alicyclic amines) is 1. The Balaban J connectivity index is 1.89. The van der Waals surface area contributed by atoms with Crippen molar-refractivity contribution in [3.05, 3.63) is 29.8 Å². The van der Waals surface area contributed by atoms with Gasteiger partial charge in [0.05, 0.1) is 7.11 Å². The quantitative estimate of drug-likeness (QED) is 0.796. The molecule has 6 heteroatoms. The Morgan fingerprint density at radius 3 is 2.70 bits per heavy atom. The summed E-state index contributed by atoms with van der Waals surface area (Å²) in [6.45, 7) is 0.911. The molecular formula is C17H24N2O4. The SMILES string of the molecule is COc1ccc(CNC(=O)C(=O)N2CCCCC2CCO)cc1. The number of ether oxygens (including phenoxy) is 1. The maximum Gasteiger partial charge on any atom is 0.312 e. The lowest BCUT2D eigenvalue weighted by Gasteiger charge is -2.35. The lowest BCUT2D eigenvalue weighted by atomic mass is 9.99. The maximum absolute atomic E-state index is 12.3. The zero-order valence-corrected chi connectivity index (χ0v) is 13.5. The van der Waals surface area contributed by atoms with Gasteiger partial charge in [0.25, 0.3) is 0 Å². The predicted octanol–water partition coefficient (Wildman–Crippen LogP) is 1.07. The van der Waals surface area contributed by atoms with E-state index in [1.54, 1.807) is 12.0 Å². The molecule has 0 aromatic heterocycles. The highest BCUT2D eigenvalue weighted by Gasteiger charge is 2.30. The molecular weight excluding hydrogens is 296 g/mol. The Morgan fingerprint density at radius 1 is 1.30 bits per heavy atom. The number of nitrogens with one attached hydrogen (secondary N) is 1. The van der Waals surface area contributed by atoms with Crippen molar-refractivity contribution in [2.45, 2.75) is 38.3 Å². The standard InChI is InChI=1S/C17H24N2O4/c1-23-15-7-5-13(6-8-15)12-18-16(21)17(22)19-10-3-2-4-14(19)9-11-20/h5-8,14,20H,2-4,9-12H2,1H3,(H,18,21). The van der Waals surface area contributed by atoms with Crippen LogP contribution in [0.2, 0.25) is 0 Å². The average molecular weight is 320 g/mol. The van der Waals surface area contributed by atoms with Gasteiger partial charge in [0.1, 0.15) is 5.75 Å². The van der Waals surface area contributed by atoms with E-state index in [9.17, 15) is 9.59 Å². The summed E-state index contributed by atoms with van der Waals surface area (Å²) in [5.41, 5.74) is 0.900. The smallest absolute Gasteiger partial charge is 0.312 e. The van der Waals surface area contributed by atoms with Crippen molar-refractivity contribution in [1.82, 2.24) is 10.2 Å². The number of benzene rings is 1. The van der Waals surface area contributed by atoms with Gasteiger partial charge in [-0.25, -0.2) is 0 Å². The molecule has 1 atom stereocenters. The lowest BCUT2D eigenvalue weighted by molar-refractivity contribution is -0.148. The fourth-order valence-electron chi connectivity index (χ4n) is 2.85. The minimum atomic E-state index is -0.592. The van der Waals surface area contributed by atoms with E-state index in [0.29, 0.717) is 19.5 Å². The molecule has 23 heavy (non-hydrogen) atoms. The second-order valence-electron chi connectivity index (χ2n) is 5.69. The molecule has 0 spiro atoms. The number of hydrogen-bond donors (Lipinski definition) is 2. The molecule has 2 amide bonds. The molecule has 1 aliphatic rings. The van der Waals surface area contributed by atoms with Gasteiger partial charge < -0.3 is 20.1 Å². The molecule has 1 aliphatic heterocycles. The molecule has 1 saturated heterocycles. The van der Waals surface area contributed by atoms with E-state index in [2.05, 4.69) is 5.32 Å². The van der Waals surface area contributed by atoms with Crippen LogP contribution in [0.15, 0.2) is 24.3 Å². The van der Waals surface area contributed by atoms with Crippen LogP contribution in [0.5, 0.6) is 5.75 Å². The fourth-order valence-corrected chi connectivity index (χ4v) is 2.85. The topological polar surface area (TPSA) is 78.9 Å². The molecule has 0 saturated carbocycles. The van der Waals surface area contributed by atoms with Gasteiger partial charge in [-0.15, -0.1) is 0 Å². The van der Waals surface area contributed by atoms with Crippen molar-refractivity contribution in [3.8, 4) is 5.75 Å².